The van der Waals surface area contributed by atoms with Crippen molar-refractivity contribution in [2.75, 3.05) is 30.3 Å². The second-order valence-corrected chi connectivity index (χ2v) is 9.10. The molecule has 1 aliphatic heterocycles. The van der Waals surface area contributed by atoms with Crippen LogP contribution in [0.3, 0.4) is 0 Å². The van der Waals surface area contributed by atoms with Gasteiger partial charge in [0.2, 0.25) is 5.43 Å². The number of rotatable bonds is 6. The molecule has 1 aromatic carbocycles. The van der Waals surface area contributed by atoms with Gasteiger partial charge in [0.25, 0.3) is 0 Å². The van der Waals surface area contributed by atoms with Crippen molar-refractivity contribution in [3.63, 3.8) is 0 Å². The van der Waals surface area contributed by atoms with Crippen LogP contribution in [-0.2, 0) is 0 Å². The van der Waals surface area contributed by atoms with E-state index >= 15 is 4.39 Å². The summed E-state index contributed by atoms with van der Waals surface area (Å²) in [4.78, 5) is 26.1. The van der Waals surface area contributed by atoms with E-state index in [2.05, 4.69) is 5.32 Å². The zero-order valence-electron chi connectivity index (χ0n) is 17.3. The molecule has 2 aliphatic carbocycles. The van der Waals surface area contributed by atoms with E-state index in [1.54, 1.807) is 16.4 Å². The van der Waals surface area contributed by atoms with Crippen molar-refractivity contribution in [3.8, 4) is 0 Å². The first-order chi connectivity index (χ1) is 14.8. The van der Waals surface area contributed by atoms with E-state index in [1.807, 2.05) is 0 Å². The number of anilines is 2. The number of carboxylic acid groups (broad SMARTS) is 1. The average Bonchev–Trinajstić information content (AvgIpc) is 3.63. The van der Waals surface area contributed by atoms with Crippen LogP contribution in [0.1, 0.15) is 47.6 Å². The predicted octanol–water partition coefficient (Wildman–Crippen LogP) is 2.59. The first-order valence-electron chi connectivity index (χ1n) is 10.8. The number of nitrogens with one attached hydrogen (secondary N) is 1. The molecular weight excluding hydrogens is 406 g/mol. The highest BCUT2D eigenvalue weighted by Gasteiger charge is 2.38. The van der Waals surface area contributed by atoms with E-state index in [9.17, 15) is 19.1 Å². The number of aromatic nitrogens is 1. The van der Waals surface area contributed by atoms with Gasteiger partial charge in [-0.25, -0.2) is 13.6 Å². The number of fused-ring (bicyclic) bond motifs is 1. The Morgan fingerprint density at radius 3 is 2.61 bits per heavy atom. The summed E-state index contributed by atoms with van der Waals surface area (Å²) < 4.78 is 32.0. The van der Waals surface area contributed by atoms with Gasteiger partial charge in [0.15, 0.2) is 5.82 Å². The maximum absolute atomic E-state index is 15.5. The predicted molar refractivity (Wildman–Crippen MR) is 114 cm³/mol. The molecule has 0 radical (unpaired) electrons. The lowest BCUT2D eigenvalue weighted by atomic mass is 10.0. The zero-order chi connectivity index (χ0) is 22.0. The van der Waals surface area contributed by atoms with Gasteiger partial charge in [0.1, 0.15) is 11.7 Å². The minimum atomic E-state index is -1.37. The third-order valence-electron chi connectivity index (χ3n) is 6.75. The molecule has 2 atom stereocenters. The summed E-state index contributed by atoms with van der Waals surface area (Å²) in [6, 6.07) is 0.507. The number of nitrogens with two attached hydrogens (primary N) is 1. The summed E-state index contributed by atoms with van der Waals surface area (Å²) in [5.74, 6) is -2.40. The van der Waals surface area contributed by atoms with Crippen LogP contribution < -0.4 is 21.4 Å². The molecule has 0 bridgehead atoms. The Labute approximate surface area is 177 Å². The third-order valence-corrected chi connectivity index (χ3v) is 6.75. The second-order valence-electron chi connectivity index (χ2n) is 9.10. The Bertz CT molecular complexity index is 1140. The van der Waals surface area contributed by atoms with Crippen molar-refractivity contribution in [1.82, 2.24) is 9.88 Å². The van der Waals surface area contributed by atoms with Crippen molar-refractivity contribution in [3.05, 3.63) is 33.4 Å². The fourth-order valence-electron chi connectivity index (χ4n) is 4.76. The summed E-state index contributed by atoms with van der Waals surface area (Å²) in [5, 5.41) is 12.7. The highest BCUT2D eigenvalue weighted by Crippen LogP contribution is 2.43. The Hall–Kier alpha value is -2.68. The van der Waals surface area contributed by atoms with E-state index < -0.39 is 29.0 Å². The number of hydrogen-bond donors (Lipinski definition) is 3. The number of aromatic carboxylic acids is 1. The number of carbonyl (C=O) groups is 1. The number of nitrogens with zero attached hydrogens (tertiary/aromatic N) is 2. The fraction of sp³-hybridized carbons (Fsp3) is 0.545. The molecule has 31 heavy (non-hydrogen) atoms. The smallest absolute Gasteiger partial charge is 0.341 e. The number of carboxylic acids is 1. The third kappa shape index (κ3) is 3.35. The quantitative estimate of drug-likeness (QED) is 0.607. The molecule has 7 nitrogen and oxygen atoms in total. The zero-order valence-corrected chi connectivity index (χ0v) is 17.3. The van der Waals surface area contributed by atoms with Crippen molar-refractivity contribution in [1.29, 1.82) is 0 Å². The molecule has 2 aromatic rings. The van der Waals surface area contributed by atoms with Crippen LogP contribution in [-0.4, -0.2) is 47.5 Å². The molecule has 2 saturated carbocycles. The SMILES string of the molecule is Cc1c(N2C[C@H](CNC3CC3)[C@H](F)C2)c(F)c(N)c2c(=O)c(C(=O)O)cn(C3CC3)c12. The molecule has 2 heterocycles. The van der Waals surface area contributed by atoms with Crippen molar-refractivity contribution in [2.24, 2.45) is 5.92 Å². The molecule has 166 valence electrons. The summed E-state index contributed by atoms with van der Waals surface area (Å²) >= 11 is 0. The lowest BCUT2D eigenvalue weighted by Crippen LogP contribution is -2.30. The van der Waals surface area contributed by atoms with Crippen LogP contribution in [0.2, 0.25) is 0 Å². The first kappa shape index (κ1) is 20.2. The number of benzene rings is 1. The molecule has 3 fully saturated rings. The van der Waals surface area contributed by atoms with Gasteiger partial charge in [-0.05, 0) is 38.2 Å². The summed E-state index contributed by atoms with van der Waals surface area (Å²) in [6.45, 7) is 2.65. The Kier molecular flexibility index (Phi) is 4.69. The van der Waals surface area contributed by atoms with Gasteiger partial charge in [-0.3, -0.25) is 4.79 Å². The van der Waals surface area contributed by atoms with Gasteiger partial charge in [0.05, 0.1) is 22.3 Å². The Morgan fingerprint density at radius 2 is 2.00 bits per heavy atom. The summed E-state index contributed by atoms with van der Waals surface area (Å²) in [5.41, 5.74) is 5.64. The van der Waals surface area contributed by atoms with Crippen LogP contribution in [0.5, 0.6) is 0 Å². The van der Waals surface area contributed by atoms with Gasteiger partial charge in [0, 0.05) is 43.8 Å². The maximum atomic E-state index is 15.5. The number of hydrogen-bond acceptors (Lipinski definition) is 5. The summed E-state index contributed by atoms with van der Waals surface area (Å²) in [7, 11) is 0. The lowest BCUT2D eigenvalue weighted by molar-refractivity contribution is 0.0695. The number of pyridine rings is 1. The number of alkyl halides is 1. The van der Waals surface area contributed by atoms with E-state index in [4.69, 9.17) is 5.73 Å². The van der Waals surface area contributed by atoms with Crippen LogP contribution in [0.25, 0.3) is 10.9 Å². The fourth-order valence-corrected chi connectivity index (χ4v) is 4.76. The maximum Gasteiger partial charge on any atom is 0.341 e. The molecule has 0 amide bonds. The highest BCUT2D eigenvalue weighted by atomic mass is 19.1. The van der Waals surface area contributed by atoms with Crippen molar-refractivity contribution >= 4 is 28.2 Å². The molecule has 9 heteroatoms. The molecule has 1 aromatic heterocycles. The highest BCUT2D eigenvalue weighted by molar-refractivity contribution is 6.01. The first-order valence-corrected chi connectivity index (χ1v) is 10.8. The van der Waals surface area contributed by atoms with Gasteiger partial charge in [-0.2, -0.15) is 0 Å². The van der Waals surface area contributed by atoms with E-state index in [-0.39, 0.29) is 35.3 Å². The van der Waals surface area contributed by atoms with Crippen molar-refractivity contribution in [2.45, 2.75) is 50.9 Å². The molecule has 3 aliphatic rings. The van der Waals surface area contributed by atoms with E-state index in [1.165, 1.54) is 6.20 Å². The monoisotopic (exact) mass is 432 g/mol. The van der Waals surface area contributed by atoms with Gasteiger partial charge in [-0.1, -0.05) is 0 Å². The van der Waals surface area contributed by atoms with Crippen LogP contribution in [0, 0.1) is 18.7 Å². The molecular formula is C22H26F2N4O3. The van der Waals surface area contributed by atoms with E-state index in [0.29, 0.717) is 30.2 Å². The topological polar surface area (TPSA) is 101 Å². The molecule has 0 spiro atoms. The minimum absolute atomic E-state index is 0.0422. The molecule has 4 N–H and O–H groups in total. The van der Waals surface area contributed by atoms with Crippen molar-refractivity contribution < 1.29 is 18.7 Å². The normalized spacial score (nSPS) is 23.6. The molecule has 1 saturated heterocycles. The number of halogens is 2. The van der Waals surface area contributed by atoms with Gasteiger partial charge < -0.3 is 25.6 Å². The number of nitrogen functional groups attached to an aromatic ring is 1. The Balaban J connectivity index is 1.63. The number of aryl methyl sites for hydroxylation is 1. The molecule has 0 unspecified atom stereocenters. The standard InChI is InChI=1S/C22H26F2N4O3/c1-10-19-16(21(29)14(22(30)31)8-28(19)13-4-5-13)18(25)17(24)20(10)27-7-11(15(23)9-27)6-26-12-2-3-12/h8,11-13,15,26H,2-7,9,25H2,1H3,(H,30,31)/t11-,15+/m0/s1. The lowest BCUT2D eigenvalue weighted by Gasteiger charge is -2.25. The second kappa shape index (κ2) is 7.19. The van der Waals surface area contributed by atoms with E-state index in [0.717, 1.165) is 25.7 Å². The average molecular weight is 432 g/mol. The van der Waals surface area contributed by atoms with Gasteiger partial charge >= 0.3 is 5.97 Å². The van der Waals surface area contributed by atoms with Crippen LogP contribution >= 0.6 is 0 Å². The minimum Gasteiger partial charge on any atom is -0.477 e. The molecule has 5 rings (SSSR count). The Morgan fingerprint density at radius 1 is 1.29 bits per heavy atom. The van der Waals surface area contributed by atoms with Crippen LogP contribution in [0.15, 0.2) is 11.0 Å². The largest absolute Gasteiger partial charge is 0.477 e. The summed E-state index contributed by atoms with van der Waals surface area (Å²) in [6.07, 6.45) is 4.15. The van der Waals surface area contributed by atoms with Gasteiger partial charge in [-0.15, -0.1) is 0 Å². The van der Waals surface area contributed by atoms with Crippen LogP contribution in [0.4, 0.5) is 20.2 Å².